The van der Waals surface area contributed by atoms with Gasteiger partial charge in [-0.05, 0) is 37.3 Å². The molecule has 3 aromatic rings. The van der Waals surface area contributed by atoms with Gasteiger partial charge in [-0.3, -0.25) is 0 Å². The van der Waals surface area contributed by atoms with Crippen LogP contribution < -0.4 is 9.88 Å². The number of aliphatic hydroxyl groups is 2. The molecule has 3 N–H and O–H groups in total. The number of aryl methyl sites for hydroxylation is 1. The van der Waals surface area contributed by atoms with Gasteiger partial charge in [0.2, 0.25) is 5.76 Å². The van der Waals surface area contributed by atoms with E-state index in [4.69, 9.17) is 23.8 Å². The highest BCUT2D eigenvalue weighted by Crippen LogP contribution is 2.25. The van der Waals surface area contributed by atoms with Gasteiger partial charge in [-0.1, -0.05) is 53.6 Å². The molecule has 0 bridgehead atoms. The van der Waals surface area contributed by atoms with Crippen LogP contribution in [0.5, 0.6) is 0 Å². The number of thiocarbonyl (C=S) groups is 1. The Morgan fingerprint density at radius 3 is 2.46 bits per heavy atom. The first kappa shape index (κ1) is 20.0. The predicted molar refractivity (Wildman–Crippen MR) is 117 cm³/mol. The normalized spacial score (nSPS) is 11.7. The summed E-state index contributed by atoms with van der Waals surface area (Å²) in [7, 11) is 0. The number of hydrogen-bond donors (Lipinski definition) is 3. The molecule has 28 heavy (non-hydrogen) atoms. The Hall–Kier alpha value is -2.73. The highest BCUT2D eigenvalue weighted by Gasteiger charge is 2.25. The van der Waals surface area contributed by atoms with Crippen LogP contribution >= 0.6 is 23.8 Å². The lowest BCUT2D eigenvalue weighted by Gasteiger charge is -2.11. The molecule has 0 spiro atoms. The minimum atomic E-state index is -0.126. The van der Waals surface area contributed by atoms with E-state index in [-0.39, 0.29) is 12.4 Å². The second kappa shape index (κ2) is 8.97. The number of pyridine rings is 1. The van der Waals surface area contributed by atoms with Crippen molar-refractivity contribution in [3.05, 3.63) is 94.8 Å². The number of aliphatic hydroxyl groups excluding tert-OH is 2. The molecule has 6 heteroatoms. The molecule has 1 heterocycles. The summed E-state index contributed by atoms with van der Waals surface area (Å²) in [5.74, 6) is -0.0599. The van der Waals surface area contributed by atoms with Crippen molar-refractivity contribution in [3.63, 3.8) is 0 Å². The fourth-order valence-corrected chi connectivity index (χ4v) is 3.26. The largest absolute Gasteiger partial charge is 0.502 e. The molecule has 0 radical (unpaired) electrons. The van der Waals surface area contributed by atoms with Gasteiger partial charge >= 0.3 is 0 Å². The molecule has 0 saturated carbocycles. The van der Waals surface area contributed by atoms with Gasteiger partial charge in [0.25, 0.3) is 5.70 Å². The van der Waals surface area contributed by atoms with Crippen LogP contribution in [0.3, 0.4) is 0 Å². The Morgan fingerprint density at radius 2 is 1.79 bits per heavy atom. The molecule has 0 fully saturated rings. The Labute approximate surface area is 174 Å². The number of hydrogen-bond acceptors (Lipinski definition) is 3. The van der Waals surface area contributed by atoms with Crippen molar-refractivity contribution >= 4 is 46.0 Å². The molecule has 1 aromatic heterocycles. The van der Waals surface area contributed by atoms with E-state index in [1.54, 1.807) is 53.4 Å². The molecule has 0 aliphatic carbocycles. The summed E-state index contributed by atoms with van der Waals surface area (Å²) < 4.78 is 1.67. The molecule has 0 unspecified atom stereocenters. The van der Waals surface area contributed by atoms with Crippen molar-refractivity contribution in [1.82, 2.24) is 0 Å². The van der Waals surface area contributed by atoms with Gasteiger partial charge in [0, 0.05) is 22.9 Å². The molecule has 4 nitrogen and oxygen atoms in total. The minimum Gasteiger partial charge on any atom is -0.502 e. The van der Waals surface area contributed by atoms with Crippen molar-refractivity contribution in [2.45, 2.75) is 13.5 Å². The lowest BCUT2D eigenvalue weighted by atomic mass is 10.1. The van der Waals surface area contributed by atoms with E-state index in [9.17, 15) is 10.2 Å². The van der Waals surface area contributed by atoms with Crippen LogP contribution in [-0.2, 0) is 6.61 Å². The van der Waals surface area contributed by atoms with Crippen molar-refractivity contribution in [3.8, 4) is 0 Å². The van der Waals surface area contributed by atoms with E-state index >= 15 is 0 Å². The summed E-state index contributed by atoms with van der Waals surface area (Å²) in [5, 5.41) is 24.1. The van der Waals surface area contributed by atoms with Crippen LogP contribution in [-0.4, -0.2) is 15.2 Å². The summed E-state index contributed by atoms with van der Waals surface area (Å²) >= 11 is 11.9. The van der Waals surface area contributed by atoms with Crippen LogP contribution in [0.1, 0.15) is 16.7 Å². The third-order valence-electron chi connectivity index (χ3n) is 4.18. The summed E-state index contributed by atoms with van der Waals surface area (Å²) in [5.41, 5.74) is 3.45. The number of rotatable bonds is 5. The quantitative estimate of drug-likeness (QED) is 0.245. The molecule has 142 valence electrons. The molecule has 0 aliphatic rings. The molecule has 0 aliphatic heterocycles. The number of benzene rings is 2. The van der Waals surface area contributed by atoms with Crippen molar-refractivity contribution in [2.75, 3.05) is 5.32 Å². The van der Waals surface area contributed by atoms with Crippen molar-refractivity contribution in [2.24, 2.45) is 0 Å². The number of anilines is 1. The maximum Gasteiger partial charge on any atom is 0.288 e. The second-order valence-electron chi connectivity index (χ2n) is 6.27. The van der Waals surface area contributed by atoms with Crippen molar-refractivity contribution in [1.29, 1.82) is 0 Å². The summed E-state index contributed by atoms with van der Waals surface area (Å²) in [6.45, 7) is 1.88. The average Bonchev–Trinajstić information content (AvgIpc) is 2.70. The topological polar surface area (TPSA) is 56.4 Å². The third kappa shape index (κ3) is 4.57. The Balaban J connectivity index is 2.10. The highest BCUT2D eigenvalue weighted by atomic mass is 35.5. The van der Waals surface area contributed by atoms with Crippen molar-refractivity contribution < 1.29 is 14.8 Å². The monoisotopic (exact) mass is 411 g/mol. The maximum atomic E-state index is 11.1. The SMILES string of the molecule is Cc1ccc(NC(=S)/C(=C(/O)c2ccccc2Cl)[n+]2cccc(CO)c2)cc1. The first-order chi connectivity index (χ1) is 13.5. The van der Waals surface area contributed by atoms with Crippen LogP contribution in [0.15, 0.2) is 73.1 Å². The van der Waals surface area contributed by atoms with Crippen LogP contribution in [0.2, 0.25) is 5.02 Å². The van der Waals surface area contributed by atoms with E-state index in [2.05, 4.69) is 5.32 Å². The summed E-state index contributed by atoms with van der Waals surface area (Å²) in [4.78, 5) is 0.321. The zero-order valence-corrected chi connectivity index (χ0v) is 16.8. The van der Waals surface area contributed by atoms with Crippen LogP contribution in [0, 0.1) is 6.92 Å². The van der Waals surface area contributed by atoms with E-state index in [0.717, 1.165) is 11.3 Å². The van der Waals surface area contributed by atoms with Crippen LogP contribution in [0.25, 0.3) is 11.5 Å². The van der Waals surface area contributed by atoms with E-state index in [0.29, 0.717) is 26.8 Å². The van der Waals surface area contributed by atoms with Gasteiger partial charge in [0.15, 0.2) is 17.4 Å². The van der Waals surface area contributed by atoms with E-state index in [1.165, 1.54) is 0 Å². The standard InChI is InChI=1S/C22H19ClN2O2S/c1-15-8-10-17(11-9-15)24-22(28)20(25-12-4-5-16(13-25)14-26)21(27)18-6-2-3-7-19(18)23/h2-13,26H,14H2,1H3,(H-,24,27,28)/p+1. The van der Waals surface area contributed by atoms with Gasteiger partial charge in [0.1, 0.15) is 0 Å². The zero-order chi connectivity index (χ0) is 20.1. The van der Waals surface area contributed by atoms with E-state index < -0.39 is 0 Å². The zero-order valence-electron chi connectivity index (χ0n) is 15.3. The Kier molecular flexibility index (Phi) is 6.41. The molecule has 0 amide bonds. The molecule has 0 saturated heterocycles. The fourth-order valence-electron chi connectivity index (χ4n) is 2.71. The molecule has 3 rings (SSSR count). The summed E-state index contributed by atoms with van der Waals surface area (Å²) in [6, 6.07) is 18.4. The first-order valence-electron chi connectivity index (χ1n) is 8.67. The Morgan fingerprint density at radius 1 is 1.07 bits per heavy atom. The molecular weight excluding hydrogens is 392 g/mol. The average molecular weight is 412 g/mol. The lowest BCUT2D eigenvalue weighted by molar-refractivity contribution is -0.576. The molecular formula is C22H20ClN2O2S+. The number of nitrogens with one attached hydrogen (secondary N) is 1. The molecule has 0 atom stereocenters. The second-order valence-corrected chi connectivity index (χ2v) is 7.09. The van der Waals surface area contributed by atoms with Gasteiger partial charge in [-0.25, -0.2) is 0 Å². The summed E-state index contributed by atoms with van der Waals surface area (Å²) in [6.07, 6.45) is 3.47. The highest BCUT2D eigenvalue weighted by molar-refractivity contribution is 7.81. The van der Waals surface area contributed by atoms with Gasteiger partial charge in [0.05, 0.1) is 11.6 Å². The maximum absolute atomic E-state index is 11.1. The number of halogens is 1. The van der Waals surface area contributed by atoms with Gasteiger partial charge < -0.3 is 15.5 Å². The van der Waals surface area contributed by atoms with Crippen LogP contribution in [0.4, 0.5) is 5.69 Å². The number of nitrogens with zero attached hydrogens (tertiary/aromatic N) is 1. The van der Waals surface area contributed by atoms with E-state index in [1.807, 2.05) is 31.2 Å². The third-order valence-corrected chi connectivity index (χ3v) is 4.81. The van der Waals surface area contributed by atoms with Gasteiger partial charge in [-0.2, -0.15) is 4.57 Å². The minimum absolute atomic E-state index is 0.0599. The van der Waals surface area contributed by atoms with Gasteiger partial charge in [-0.15, -0.1) is 0 Å². The first-order valence-corrected chi connectivity index (χ1v) is 9.46. The fraction of sp³-hybridized carbons (Fsp3) is 0.0909. The molecule has 2 aromatic carbocycles. The predicted octanol–water partition coefficient (Wildman–Crippen LogP) is 4.75. The smallest absolute Gasteiger partial charge is 0.288 e. The Bertz CT molecular complexity index is 1030. The number of aromatic nitrogens is 1. The lowest BCUT2D eigenvalue weighted by Crippen LogP contribution is -2.39.